The molecule has 1 aliphatic heterocycles. The Morgan fingerprint density at radius 2 is 2.12 bits per heavy atom. The van der Waals surface area contributed by atoms with Crippen LogP contribution in [-0.2, 0) is 9.47 Å². The van der Waals surface area contributed by atoms with Crippen molar-refractivity contribution in [2.45, 2.75) is 18.9 Å². The Balaban J connectivity index is 1.82. The van der Waals surface area contributed by atoms with Crippen molar-refractivity contribution in [2.24, 2.45) is 0 Å². The summed E-state index contributed by atoms with van der Waals surface area (Å²) in [7, 11) is 1.63. The first kappa shape index (κ1) is 17.3. The van der Waals surface area contributed by atoms with E-state index in [1.807, 2.05) is 4.90 Å². The third kappa shape index (κ3) is 3.77. The third-order valence-electron chi connectivity index (χ3n) is 4.36. The molecule has 2 aromatic rings. The summed E-state index contributed by atoms with van der Waals surface area (Å²) in [6.45, 7) is 2.39. The van der Waals surface area contributed by atoms with E-state index in [9.17, 15) is 14.9 Å². The normalized spacial score (nSPS) is 15.6. The SMILES string of the molecule is COCCOC1CCN(c2cc3nc[nH]c(=O)c3cc2[N+](=O)[O-])CC1. The summed E-state index contributed by atoms with van der Waals surface area (Å²) in [5.41, 5.74) is 0.475. The smallest absolute Gasteiger partial charge is 0.293 e. The van der Waals surface area contributed by atoms with Crippen molar-refractivity contribution < 1.29 is 14.4 Å². The molecule has 0 aliphatic carbocycles. The molecule has 0 spiro atoms. The maximum Gasteiger partial charge on any atom is 0.293 e. The Morgan fingerprint density at radius 3 is 2.80 bits per heavy atom. The van der Waals surface area contributed by atoms with Crippen molar-refractivity contribution in [2.75, 3.05) is 38.3 Å². The number of methoxy groups -OCH3 is 1. The highest BCUT2D eigenvalue weighted by atomic mass is 16.6. The van der Waals surface area contributed by atoms with Crippen molar-refractivity contribution >= 4 is 22.3 Å². The average Bonchev–Trinajstić information content (AvgIpc) is 2.62. The van der Waals surface area contributed by atoms with Gasteiger partial charge in [0.2, 0.25) is 0 Å². The highest BCUT2D eigenvalue weighted by molar-refractivity contribution is 5.87. The van der Waals surface area contributed by atoms with E-state index in [-0.39, 0.29) is 22.7 Å². The number of H-pyrrole nitrogens is 1. The molecule has 0 atom stereocenters. The van der Waals surface area contributed by atoms with Gasteiger partial charge in [0, 0.05) is 26.3 Å². The lowest BCUT2D eigenvalue weighted by Gasteiger charge is -2.33. The number of piperidine rings is 1. The van der Waals surface area contributed by atoms with Crippen LogP contribution in [0.3, 0.4) is 0 Å². The Morgan fingerprint density at radius 1 is 1.36 bits per heavy atom. The molecule has 0 unspecified atom stereocenters. The van der Waals surface area contributed by atoms with Crippen LogP contribution in [0.1, 0.15) is 12.8 Å². The second-order valence-electron chi connectivity index (χ2n) is 5.90. The van der Waals surface area contributed by atoms with Crippen LogP contribution >= 0.6 is 0 Å². The van der Waals surface area contributed by atoms with Gasteiger partial charge in [-0.15, -0.1) is 0 Å². The number of aromatic nitrogens is 2. The number of hydrogen-bond donors (Lipinski definition) is 1. The van der Waals surface area contributed by atoms with Gasteiger partial charge in [0.25, 0.3) is 11.2 Å². The average molecular weight is 348 g/mol. The molecule has 1 aliphatic rings. The quantitative estimate of drug-likeness (QED) is 0.478. The second-order valence-corrected chi connectivity index (χ2v) is 5.90. The van der Waals surface area contributed by atoms with Crippen molar-refractivity contribution in [1.82, 2.24) is 9.97 Å². The molecule has 134 valence electrons. The predicted molar refractivity (Wildman–Crippen MR) is 92.1 cm³/mol. The van der Waals surface area contributed by atoms with Gasteiger partial charge in [0.1, 0.15) is 5.69 Å². The van der Waals surface area contributed by atoms with Gasteiger partial charge in [-0.1, -0.05) is 0 Å². The molecule has 0 amide bonds. The minimum absolute atomic E-state index is 0.0789. The Labute approximate surface area is 143 Å². The molecule has 1 aromatic carbocycles. The Kier molecular flexibility index (Phi) is 5.25. The molecular weight excluding hydrogens is 328 g/mol. The van der Waals surface area contributed by atoms with E-state index >= 15 is 0 Å². The zero-order valence-corrected chi connectivity index (χ0v) is 13.9. The largest absolute Gasteiger partial charge is 0.382 e. The fourth-order valence-corrected chi connectivity index (χ4v) is 3.05. The number of ether oxygens (including phenoxy) is 2. The van der Waals surface area contributed by atoms with Crippen LogP contribution in [0, 0.1) is 10.1 Å². The highest BCUT2D eigenvalue weighted by Crippen LogP contribution is 2.33. The maximum atomic E-state index is 11.9. The van der Waals surface area contributed by atoms with Gasteiger partial charge < -0.3 is 19.4 Å². The summed E-state index contributed by atoms with van der Waals surface area (Å²) < 4.78 is 10.7. The predicted octanol–water partition coefficient (Wildman–Crippen LogP) is 1.46. The molecule has 25 heavy (non-hydrogen) atoms. The van der Waals surface area contributed by atoms with Gasteiger partial charge in [0.05, 0.1) is 41.5 Å². The molecule has 9 nitrogen and oxygen atoms in total. The molecule has 0 radical (unpaired) electrons. The number of anilines is 1. The summed E-state index contributed by atoms with van der Waals surface area (Å²) in [6.07, 6.45) is 2.99. The summed E-state index contributed by atoms with van der Waals surface area (Å²) in [4.78, 5) is 31.4. The van der Waals surface area contributed by atoms with Crippen LogP contribution in [0.2, 0.25) is 0 Å². The van der Waals surface area contributed by atoms with E-state index in [1.54, 1.807) is 13.2 Å². The minimum atomic E-state index is -0.456. The summed E-state index contributed by atoms with van der Waals surface area (Å²) in [5, 5.41) is 11.7. The maximum absolute atomic E-state index is 11.9. The zero-order chi connectivity index (χ0) is 17.8. The molecular formula is C16H20N4O5. The van der Waals surface area contributed by atoms with Crippen LogP contribution in [0.5, 0.6) is 0 Å². The number of nitrogens with zero attached hydrogens (tertiary/aromatic N) is 3. The Bertz CT molecular complexity index is 814. The van der Waals surface area contributed by atoms with E-state index < -0.39 is 4.92 Å². The Hall–Kier alpha value is -2.52. The van der Waals surface area contributed by atoms with Crippen LogP contribution < -0.4 is 10.5 Å². The van der Waals surface area contributed by atoms with E-state index in [4.69, 9.17) is 9.47 Å². The molecule has 1 fully saturated rings. The fourth-order valence-electron chi connectivity index (χ4n) is 3.05. The first-order valence-electron chi connectivity index (χ1n) is 8.11. The first-order chi connectivity index (χ1) is 12.1. The number of nitrogens with one attached hydrogen (secondary N) is 1. The second kappa shape index (κ2) is 7.58. The highest BCUT2D eigenvalue weighted by Gasteiger charge is 2.26. The third-order valence-corrected chi connectivity index (χ3v) is 4.36. The molecule has 0 bridgehead atoms. The molecule has 1 aromatic heterocycles. The number of nitro groups is 1. The van der Waals surface area contributed by atoms with E-state index in [0.717, 1.165) is 12.8 Å². The van der Waals surface area contributed by atoms with Crippen molar-refractivity contribution in [3.8, 4) is 0 Å². The van der Waals surface area contributed by atoms with Gasteiger partial charge >= 0.3 is 0 Å². The van der Waals surface area contributed by atoms with E-state index in [0.29, 0.717) is 37.5 Å². The fraction of sp³-hybridized carbons (Fsp3) is 0.500. The van der Waals surface area contributed by atoms with Gasteiger partial charge in [-0.25, -0.2) is 4.98 Å². The number of hydrogen-bond acceptors (Lipinski definition) is 7. The molecule has 1 saturated heterocycles. The number of aromatic amines is 1. The first-order valence-corrected chi connectivity index (χ1v) is 8.11. The number of benzene rings is 1. The lowest BCUT2D eigenvalue weighted by Crippen LogP contribution is -2.37. The molecule has 1 N–H and O–H groups in total. The van der Waals surface area contributed by atoms with Crippen LogP contribution in [0.4, 0.5) is 11.4 Å². The van der Waals surface area contributed by atoms with Gasteiger partial charge in [-0.3, -0.25) is 14.9 Å². The molecule has 3 rings (SSSR count). The van der Waals surface area contributed by atoms with E-state index in [2.05, 4.69) is 9.97 Å². The standard InChI is InChI=1S/C16H20N4O5/c1-24-6-7-25-11-2-4-19(5-3-11)14-9-13-12(8-15(14)20(22)23)16(21)18-10-17-13/h8-11H,2-7H2,1H3,(H,17,18,21). The van der Waals surface area contributed by atoms with Crippen molar-refractivity contribution in [1.29, 1.82) is 0 Å². The van der Waals surface area contributed by atoms with Crippen molar-refractivity contribution in [3.63, 3.8) is 0 Å². The lowest BCUT2D eigenvalue weighted by atomic mass is 10.1. The number of fused-ring (bicyclic) bond motifs is 1. The van der Waals surface area contributed by atoms with Crippen LogP contribution in [-0.4, -0.2) is 54.4 Å². The topological polar surface area (TPSA) is 111 Å². The lowest BCUT2D eigenvalue weighted by molar-refractivity contribution is -0.384. The van der Waals surface area contributed by atoms with Crippen molar-refractivity contribution in [3.05, 3.63) is 38.9 Å². The monoisotopic (exact) mass is 348 g/mol. The van der Waals surface area contributed by atoms with Crippen LogP contribution in [0.15, 0.2) is 23.3 Å². The zero-order valence-electron chi connectivity index (χ0n) is 13.9. The summed E-state index contributed by atoms with van der Waals surface area (Å²) >= 11 is 0. The molecule has 0 saturated carbocycles. The summed E-state index contributed by atoms with van der Waals surface area (Å²) in [6, 6.07) is 2.92. The van der Waals surface area contributed by atoms with Gasteiger partial charge in [-0.2, -0.15) is 0 Å². The van der Waals surface area contributed by atoms with E-state index in [1.165, 1.54) is 12.4 Å². The number of nitro benzene ring substituents is 1. The van der Waals surface area contributed by atoms with Gasteiger partial charge in [0.15, 0.2) is 0 Å². The number of rotatable bonds is 6. The molecule has 9 heteroatoms. The summed E-state index contributed by atoms with van der Waals surface area (Å²) in [5.74, 6) is 0. The minimum Gasteiger partial charge on any atom is -0.382 e. The van der Waals surface area contributed by atoms with Gasteiger partial charge in [-0.05, 0) is 18.9 Å². The van der Waals surface area contributed by atoms with Crippen LogP contribution in [0.25, 0.3) is 10.9 Å². The molecule has 2 heterocycles.